The van der Waals surface area contributed by atoms with Crippen molar-refractivity contribution in [3.8, 4) is 11.5 Å². The van der Waals surface area contributed by atoms with Crippen molar-refractivity contribution in [2.24, 2.45) is 0 Å². The molecule has 0 heterocycles. The van der Waals surface area contributed by atoms with Gasteiger partial charge in [0.25, 0.3) is 0 Å². The quantitative estimate of drug-likeness (QED) is 0.697. The van der Waals surface area contributed by atoms with Crippen molar-refractivity contribution >= 4 is 6.29 Å². The summed E-state index contributed by atoms with van der Waals surface area (Å²) in [6.45, 7) is 2.09. The molecular formula is C12H16O3. The van der Waals surface area contributed by atoms with Gasteiger partial charge in [-0.25, -0.2) is 0 Å². The lowest BCUT2D eigenvalue weighted by atomic mass is 10.0. The minimum Gasteiger partial charge on any atom is -0.496 e. The molecule has 0 amide bonds. The molecule has 0 spiro atoms. The van der Waals surface area contributed by atoms with Crippen LogP contribution in [0.4, 0.5) is 0 Å². The van der Waals surface area contributed by atoms with Gasteiger partial charge in [0, 0.05) is 11.1 Å². The molecule has 15 heavy (non-hydrogen) atoms. The number of ether oxygens (including phenoxy) is 2. The van der Waals surface area contributed by atoms with Crippen LogP contribution in [0.5, 0.6) is 11.5 Å². The highest BCUT2D eigenvalue weighted by Crippen LogP contribution is 2.31. The zero-order chi connectivity index (χ0) is 11.3. The van der Waals surface area contributed by atoms with Crippen LogP contribution in [0.3, 0.4) is 0 Å². The third-order valence-electron chi connectivity index (χ3n) is 2.27. The first-order chi connectivity index (χ1) is 7.26. The number of hydrogen-bond donors (Lipinski definition) is 0. The van der Waals surface area contributed by atoms with Crippen molar-refractivity contribution in [3.63, 3.8) is 0 Å². The first kappa shape index (κ1) is 11.6. The summed E-state index contributed by atoms with van der Waals surface area (Å²) < 4.78 is 10.5. The minimum absolute atomic E-state index is 0.573. The number of carbonyl (C=O) groups is 1. The Labute approximate surface area is 90.0 Å². The third kappa shape index (κ3) is 2.49. The molecule has 0 aliphatic rings. The Balaban J connectivity index is 3.25. The summed E-state index contributed by atoms with van der Waals surface area (Å²) in [6.07, 6.45) is 2.68. The Morgan fingerprint density at radius 3 is 2.07 bits per heavy atom. The molecule has 1 aromatic rings. The van der Waals surface area contributed by atoms with Crippen LogP contribution in [0.1, 0.15) is 29.3 Å². The van der Waals surface area contributed by atoms with E-state index in [9.17, 15) is 4.79 Å². The van der Waals surface area contributed by atoms with Crippen LogP contribution in [0.25, 0.3) is 0 Å². The van der Waals surface area contributed by atoms with Gasteiger partial charge < -0.3 is 9.47 Å². The van der Waals surface area contributed by atoms with E-state index in [0.29, 0.717) is 5.56 Å². The summed E-state index contributed by atoms with van der Waals surface area (Å²) in [4.78, 5) is 10.7. The molecule has 0 saturated heterocycles. The molecule has 1 aromatic carbocycles. The second kappa shape index (κ2) is 5.39. The molecule has 0 radical (unpaired) electrons. The van der Waals surface area contributed by atoms with Gasteiger partial charge in [-0.05, 0) is 18.6 Å². The summed E-state index contributed by atoms with van der Waals surface area (Å²) >= 11 is 0. The van der Waals surface area contributed by atoms with Gasteiger partial charge in [-0.1, -0.05) is 13.3 Å². The number of carbonyl (C=O) groups excluding carboxylic acids is 1. The van der Waals surface area contributed by atoms with Gasteiger partial charge in [-0.2, -0.15) is 0 Å². The van der Waals surface area contributed by atoms with Crippen molar-refractivity contribution in [2.45, 2.75) is 19.8 Å². The van der Waals surface area contributed by atoms with E-state index >= 15 is 0 Å². The largest absolute Gasteiger partial charge is 0.496 e. The van der Waals surface area contributed by atoms with Gasteiger partial charge >= 0.3 is 0 Å². The average molecular weight is 208 g/mol. The standard InChI is InChI=1S/C12H16O3/c1-4-5-10-11(14-2)6-9(8-13)7-12(10)15-3/h6-8H,4-5H2,1-3H3. The van der Waals surface area contributed by atoms with E-state index in [1.165, 1.54) is 0 Å². The van der Waals surface area contributed by atoms with E-state index in [2.05, 4.69) is 6.92 Å². The summed E-state index contributed by atoms with van der Waals surface area (Å²) in [7, 11) is 3.20. The van der Waals surface area contributed by atoms with Gasteiger partial charge in [-0.3, -0.25) is 4.79 Å². The van der Waals surface area contributed by atoms with Crippen molar-refractivity contribution in [1.29, 1.82) is 0 Å². The molecule has 0 unspecified atom stereocenters. The van der Waals surface area contributed by atoms with E-state index in [4.69, 9.17) is 9.47 Å². The Morgan fingerprint density at radius 2 is 1.73 bits per heavy atom. The molecule has 0 aromatic heterocycles. The van der Waals surface area contributed by atoms with Crippen LogP contribution >= 0.6 is 0 Å². The molecule has 0 bridgehead atoms. The van der Waals surface area contributed by atoms with Crippen LogP contribution in [0, 0.1) is 0 Å². The Kier molecular flexibility index (Phi) is 4.16. The van der Waals surface area contributed by atoms with E-state index < -0.39 is 0 Å². The van der Waals surface area contributed by atoms with Gasteiger partial charge in [0.1, 0.15) is 17.8 Å². The van der Waals surface area contributed by atoms with Gasteiger partial charge in [0.05, 0.1) is 14.2 Å². The summed E-state index contributed by atoms with van der Waals surface area (Å²) in [5.74, 6) is 1.44. The maximum atomic E-state index is 10.7. The summed E-state index contributed by atoms with van der Waals surface area (Å²) in [6, 6.07) is 3.47. The average Bonchev–Trinajstić information content (AvgIpc) is 2.29. The van der Waals surface area contributed by atoms with Crippen molar-refractivity contribution in [3.05, 3.63) is 23.3 Å². The predicted octanol–water partition coefficient (Wildman–Crippen LogP) is 2.47. The first-order valence-corrected chi connectivity index (χ1v) is 4.96. The molecule has 0 atom stereocenters. The number of hydrogen-bond acceptors (Lipinski definition) is 3. The first-order valence-electron chi connectivity index (χ1n) is 4.96. The molecule has 0 fully saturated rings. The molecule has 82 valence electrons. The van der Waals surface area contributed by atoms with Crippen LogP contribution in [0.15, 0.2) is 12.1 Å². The predicted molar refractivity (Wildman–Crippen MR) is 58.9 cm³/mol. The number of aldehydes is 1. The fourth-order valence-corrected chi connectivity index (χ4v) is 1.57. The SMILES string of the molecule is CCCc1c(OC)cc(C=O)cc1OC. The van der Waals surface area contributed by atoms with Crippen LogP contribution in [-0.4, -0.2) is 20.5 Å². The second-order valence-corrected chi connectivity index (χ2v) is 3.27. The van der Waals surface area contributed by atoms with Crippen molar-refractivity contribution in [1.82, 2.24) is 0 Å². The van der Waals surface area contributed by atoms with Crippen LogP contribution in [-0.2, 0) is 6.42 Å². The zero-order valence-corrected chi connectivity index (χ0v) is 9.37. The topological polar surface area (TPSA) is 35.5 Å². The lowest BCUT2D eigenvalue weighted by Crippen LogP contribution is -1.98. The number of benzene rings is 1. The minimum atomic E-state index is 0.573. The zero-order valence-electron chi connectivity index (χ0n) is 9.37. The normalized spacial score (nSPS) is 9.80. The fraction of sp³-hybridized carbons (Fsp3) is 0.417. The van der Waals surface area contributed by atoms with Gasteiger partial charge in [0.2, 0.25) is 0 Å². The second-order valence-electron chi connectivity index (χ2n) is 3.27. The molecule has 3 heteroatoms. The summed E-state index contributed by atoms with van der Waals surface area (Å²) in [5, 5.41) is 0. The van der Waals surface area contributed by atoms with Crippen LogP contribution < -0.4 is 9.47 Å². The van der Waals surface area contributed by atoms with Crippen molar-refractivity contribution < 1.29 is 14.3 Å². The van der Waals surface area contributed by atoms with Gasteiger partial charge in [0.15, 0.2) is 0 Å². The Bertz CT molecular complexity index is 320. The maximum Gasteiger partial charge on any atom is 0.150 e. The Hall–Kier alpha value is -1.51. The van der Waals surface area contributed by atoms with E-state index in [0.717, 1.165) is 36.2 Å². The highest BCUT2D eigenvalue weighted by Gasteiger charge is 2.11. The van der Waals surface area contributed by atoms with E-state index in [-0.39, 0.29) is 0 Å². The lowest BCUT2D eigenvalue weighted by Gasteiger charge is -2.13. The summed E-state index contributed by atoms with van der Waals surface area (Å²) in [5.41, 5.74) is 1.59. The molecule has 1 rings (SSSR count). The number of rotatable bonds is 5. The van der Waals surface area contributed by atoms with E-state index in [1.807, 2.05) is 0 Å². The molecular weight excluding hydrogens is 192 g/mol. The van der Waals surface area contributed by atoms with Crippen LogP contribution in [0.2, 0.25) is 0 Å². The molecule has 3 nitrogen and oxygen atoms in total. The number of methoxy groups -OCH3 is 2. The molecule has 0 N–H and O–H groups in total. The Morgan fingerprint density at radius 1 is 1.20 bits per heavy atom. The van der Waals surface area contributed by atoms with Gasteiger partial charge in [-0.15, -0.1) is 0 Å². The van der Waals surface area contributed by atoms with Crippen molar-refractivity contribution in [2.75, 3.05) is 14.2 Å². The maximum absolute atomic E-state index is 10.7. The van der Waals surface area contributed by atoms with E-state index in [1.54, 1.807) is 26.4 Å². The lowest BCUT2D eigenvalue weighted by molar-refractivity contribution is 0.112. The monoisotopic (exact) mass is 208 g/mol. The highest BCUT2D eigenvalue weighted by atomic mass is 16.5. The highest BCUT2D eigenvalue weighted by molar-refractivity contribution is 5.77. The molecule has 0 aliphatic carbocycles. The molecule has 0 saturated carbocycles. The fourth-order valence-electron chi connectivity index (χ4n) is 1.57. The molecule has 0 aliphatic heterocycles. The smallest absolute Gasteiger partial charge is 0.150 e. The third-order valence-corrected chi connectivity index (χ3v) is 2.27.